The minimum atomic E-state index is -1.51. The summed E-state index contributed by atoms with van der Waals surface area (Å²) in [5.41, 5.74) is 0. The Balaban J connectivity index is 4.52. The van der Waals surface area contributed by atoms with Crippen molar-refractivity contribution < 1.29 is 42.9 Å². The summed E-state index contributed by atoms with van der Waals surface area (Å²) in [5, 5.41) is 9.53. The number of carbonyl (C=O) groups is 3. The summed E-state index contributed by atoms with van der Waals surface area (Å²) in [5.74, 6) is -2.07. The van der Waals surface area contributed by atoms with Crippen molar-refractivity contribution in [2.24, 2.45) is 0 Å². The van der Waals surface area contributed by atoms with Gasteiger partial charge in [0.1, 0.15) is 13.2 Å². The van der Waals surface area contributed by atoms with Gasteiger partial charge in [-0.15, -0.1) is 0 Å². The van der Waals surface area contributed by atoms with E-state index in [1.54, 1.807) is 0 Å². The molecule has 0 spiro atoms. The predicted molar refractivity (Wildman–Crippen MR) is 189 cm³/mol. The van der Waals surface area contributed by atoms with Gasteiger partial charge in [-0.1, -0.05) is 101 Å². The van der Waals surface area contributed by atoms with Gasteiger partial charge in [0, 0.05) is 12.8 Å². The second-order valence-electron chi connectivity index (χ2n) is 12.8. The molecule has 0 saturated carbocycles. The molecule has 0 aromatic heterocycles. The van der Waals surface area contributed by atoms with Crippen molar-refractivity contribution >= 4 is 17.9 Å². The molecule has 1 N–H and O–H groups in total. The van der Waals surface area contributed by atoms with Crippen LogP contribution in [-0.2, 0) is 33.3 Å². The zero-order chi connectivity index (χ0) is 35.0. The number of esters is 2. The Hall–Kier alpha value is -2.75. The smallest absolute Gasteiger partial charge is 0.361 e. The molecule has 2 atom stereocenters. The number of aliphatic carboxylic acids is 1. The number of allylic oxidation sites excluding steroid dienone is 8. The summed E-state index contributed by atoms with van der Waals surface area (Å²) >= 11 is 0. The number of unbranched alkanes of at least 4 members (excludes halogenated alkanes) is 8. The lowest BCUT2D eigenvalue weighted by atomic mass is 10.1. The fourth-order valence-corrected chi connectivity index (χ4v) is 4.29. The molecule has 0 aromatic rings. The van der Waals surface area contributed by atoms with Gasteiger partial charge in [0.25, 0.3) is 6.29 Å². The monoisotopic (exact) mass is 664 g/mol. The molecular formula is C38H66NO8+. The molecule has 0 aromatic carbocycles. The number of quaternary nitrogens is 1. The van der Waals surface area contributed by atoms with Crippen LogP contribution in [0.3, 0.4) is 0 Å². The largest absolute Gasteiger partial charge is 0.477 e. The van der Waals surface area contributed by atoms with Gasteiger partial charge >= 0.3 is 17.9 Å². The Morgan fingerprint density at radius 1 is 0.660 bits per heavy atom. The minimum Gasteiger partial charge on any atom is -0.477 e. The average molecular weight is 665 g/mol. The van der Waals surface area contributed by atoms with Crippen LogP contribution in [0.15, 0.2) is 48.6 Å². The molecule has 0 amide bonds. The summed E-state index contributed by atoms with van der Waals surface area (Å²) in [6.07, 6.45) is 29.3. The standard InChI is InChI=1S/C38H65NO8/c1-6-8-10-12-13-14-15-16-17-18-19-20-21-22-23-25-27-29-36(41)47-34(32-45-35(40)28-26-24-11-9-7-2)33-46-38(37(42)43)44-31-30-39(3,4)5/h8,10,13-14,16-17,19-20,34,38H,6-7,9,11-12,15,18,21-33H2,1-5H3/p+1/b10-8-,14-13-,17-16-,20-19-. The lowest BCUT2D eigenvalue weighted by molar-refractivity contribution is -0.870. The first-order chi connectivity index (χ1) is 22.6. The van der Waals surface area contributed by atoms with Crippen molar-refractivity contribution in [3.8, 4) is 0 Å². The Bertz CT molecular complexity index is 919. The maximum absolute atomic E-state index is 12.6. The quantitative estimate of drug-likeness (QED) is 0.0260. The molecule has 0 radical (unpaired) electrons. The third-order valence-electron chi connectivity index (χ3n) is 7.10. The molecule has 0 rings (SSSR count). The molecule has 9 heteroatoms. The van der Waals surface area contributed by atoms with E-state index in [1.807, 2.05) is 21.1 Å². The van der Waals surface area contributed by atoms with Gasteiger partial charge in [0.15, 0.2) is 6.10 Å². The molecule has 0 aliphatic rings. The van der Waals surface area contributed by atoms with Crippen LogP contribution in [0.1, 0.15) is 117 Å². The fraction of sp³-hybridized carbons (Fsp3) is 0.711. The van der Waals surface area contributed by atoms with Crippen LogP contribution in [0, 0.1) is 0 Å². The number of carbonyl (C=O) groups excluding carboxylic acids is 2. The first-order valence-corrected chi connectivity index (χ1v) is 17.8. The first-order valence-electron chi connectivity index (χ1n) is 17.8. The Kier molecular flexibility index (Phi) is 28.8. The van der Waals surface area contributed by atoms with Crippen molar-refractivity contribution in [2.45, 2.75) is 129 Å². The maximum Gasteiger partial charge on any atom is 0.361 e. The molecular weight excluding hydrogens is 598 g/mol. The van der Waals surface area contributed by atoms with Crippen LogP contribution >= 0.6 is 0 Å². The van der Waals surface area contributed by atoms with Crippen LogP contribution in [0.2, 0.25) is 0 Å². The highest BCUT2D eigenvalue weighted by atomic mass is 16.7. The summed E-state index contributed by atoms with van der Waals surface area (Å²) < 4.78 is 22.4. The first kappa shape index (κ1) is 44.2. The minimum absolute atomic E-state index is 0.181. The molecule has 9 nitrogen and oxygen atoms in total. The summed E-state index contributed by atoms with van der Waals surface area (Å²) in [7, 11) is 5.92. The number of hydrogen-bond acceptors (Lipinski definition) is 7. The summed E-state index contributed by atoms with van der Waals surface area (Å²) in [6.45, 7) is 4.59. The van der Waals surface area contributed by atoms with Crippen LogP contribution in [0.25, 0.3) is 0 Å². The van der Waals surface area contributed by atoms with Gasteiger partial charge in [-0.25, -0.2) is 4.79 Å². The van der Waals surface area contributed by atoms with Crippen LogP contribution in [0.4, 0.5) is 0 Å². The fourth-order valence-electron chi connectivity index (χ4n) is 4.29. The predicted octanol–water partition coefficient (Wildman–Crippen LogP) is 8.10. The molecule has 2 unspecified atom stereocenters. The molecule has 0 aliphatic heterocycles. The molecule has 47 heavy (non-hydrogen) atoms. The second-order valence-corrected chi connectivity index (χ2v) is 12.8. The van der Waals surface area contributed by atoms with E-state index in [9.17, 15) is 19.5 Å². The number of rotatable bonds is 31. The Morgan fingerprint density at radius 2 is 1.21 bits per heavy atom. The maximum atomic E-state index is 12.6. The molecule has 0 aliphatic carbocycles. The SMILES string of the molecule is CC/C=C\C/C=C\C/C=C\C/C=C\CCCCCCC(=O)OC(COC(=O)CCCCCCC)COC(OCC[N+](C)(C)C)C(=O)O. The van der Waals surface area contributed by atoms with Crippen LogP contribution in [-0.4, -0.2) is 87.4 Å². The lowest BCUT2D eigenvalue weighted by Crippen LogP contribution is -2.40. The topological polar surface area (TPSA) is 108 Å². The lowest BCUT2D eigenvalue weighted by Gasteiger charge is -2.25. The van der Waals surface area contributed by atoms with Crippen molar-refractivity contribution in [3.63, 3.8) is 0 Å². The van der Waals surface area contributed by atoms with E-state index in [0.29, 0.717) is 17.4 Å². The number of nitrogens with zero attached hydrogens (tertiary/aromatic N) is 1. The number of carboxylic acid groups (broad SMARTS) is 1. The van der Waals surface area contributed by atoms with Crippen molar-refractivity contribution in [3.05, 3.63) is 48.6 Å². The van der Waals surface area contributed by atoms with Crippen LogP contribution in [0.5, 0.6) is 0 Å². The molecule has 270 valence electrons. The number of carboxylic acids is 1. The van der Waals surface area contributed by atoms with Crippen LogP contribution < -0.4 is 0 Å². The van der Waals surface area contributed by atoms with Gasteiger partial charge < -0.3 is 28.5 Å². The van der Waals surface area contributed by atoms with Crippen molar-refractivity contribution in [1.29, 1.82) is 0 Å². The van der Waals surface area contributed by atoms with E-state index in [2.05, 4.69) is 62.5 Å². The summed E-state index contributed by atoms with van der Waals surface area (Å²) in [4.78, 5) is 36.5. The zero-order valence-corrected chi connectivity index (χ0v) is 30.2. The van der Waals surface area contributed by atoms with E-state index < -0.39 is 24.3 Å². The van der Waals surface area contributed by atoms with E-state index >= 15 is 0 Å². The van der Waals surface area contributed by atoms with Crippen molar-refractivity contribution in [1.82, 2.24) is 0 Å². The molecule has 0 saturated heterocycles. The van der Waals surface area contributed by atoms with Gasteiger partial charge in [-0.3, -0.25) is 9.59 Å². The number of hydrogen-bond donors (Lipinski definition) is 1. The van der Waals surface area contributed by atoms with Gasteiger partial charge in [-0.2, -0.15) is 0 Å². The highest BCUT2D eigenvalue weighted by molar-refractivity contribution is 5.71. The van der Waals surface area contributed by atoms with Gasteiger partial charge in [0.2, 0.25) is 0 Å². The molecule has 0 heterocycles. The zero-order valence-electron chi connectivity index (χ0n) is 30.2. The third-order valence-corrected chi connectivity index (χ3v) is 7.10. The Labute approximate surface area is 285 Å². The number of likely N-dealkylation sites (N-methyl/N-ethyl adjacent to an activating group) is 1. The molecule has 0 bridgehead atoms. The molecule has 0 fully saturated rings. The average Bonchev–Trinajstić information content (AvgIpc) is 3.01. The Morgan fingerprint density at radius 3 is 1.79 bits per heavy atom. The normalized spacial score (nSPS) is 13.6. The van der Waals surface area contributed by atoms with Gasteiger partial charge in [-0.05, 0) is 51.4 Å². The summed E-state index contributed by atoms with van der Waals surface area (Å²) in [6, 6.07) is 0. The van der Waals surface area contributed by atoms with Gasteiger partial charge in [0.05, 0.1) is 34.4 Å². The van der Waals surface area contributed by atoms with E-state index in [-0.39, 0.29) is 38.6 Å². The van der Waals surface area contributed by atoms with E-state index in [4.69, 9.17) is 18.9 Å². The highest BCUT2D eigenvalue weighted by Crippen LogP contribution is 2.11. The third kappa shape index (κ3) is 31.6. The van der Waals surface area contributed by atoms with E-state index in [1.165, 1.54) is 0 Å². The number of ether oxygens (including phenoxy) is 4. The van der Waals surface area contributed by atoms with Crippen molar-refractivity contribution in [2.75, 3.05) is 47.5 Å². The highest BCUT2D eigenvalue weighted by Gasteiger charge is 2.25. The second kappa shape index (κ2) is 30.6. The van der Waals surface area contributed by atoms with E-state index in [0.717, 1.165) is 83.5 Å².